The summed E-state index contributed by atoms with van der Waals surface area (Å²) in [4.78, 5) is 37.8. The monoisotopic (exact) mass is 452 g/mol. The minimum Gasteiger partial charge on any atom is -0.462 e. The highest BCUT2D eigenvalue weighted by Crippen LogP contribution is 2.49. The Labute approximate surface area is 189 Å². The summed E-state index contributed by atoms with van der Waals surface area (Å²) in [5.74, 6) is -0.475. The van der Waals surface area contributed by atoms with E-state index in [1.54, 1.807) is 37.3 Å². The average molecular weight is 453 g/mol. The maximum Gasteiger partial charge on any atom is 0.339 e. The van der Waals surface area contributed by atoms with Gasteiger partial charge in [0.2, 0.25) is 0 Å². The van der Waals surface area contributed by atoms with Crippen molar-refractivity contribution in [3.05, 3.63) is 58.8 Å². The van der Waals surface area contributed by atoms with Crippen LogP contribution in [-0.2, 0) is 14.3 Å². The third kappa shape index (κ3) is 3.37. The molecular weight excluding hydrogens is 432 g/mol. The number of ether oxygens (including phenoxy) is 1. The van der Waals surface area contributed by atoms with Gasteiger partial charge in [0.15, 0.2) is 0 Å². The molecule has 1 aromatic carbocycles. The third-order valence-corrected chi connectivity index (χ3v) is 6.74. The number of halogens is 1. The SMILES string of the molecule is CCOC(=O)c1cc(-c2ccc(/C=N\N3C(=O)[C@@H]4[C@H](C3=O)[C@@H]3C=C[C@H]4CC3)o2)ccc1Cl. The highest BCUT2D eigenvalue weighted by atomic mass is 35.5. The van der Waals surface area contributed by atoms with Crippen LogP contribution in [0.15, 0.2) is 52.0 Å². The second-order valence-electron chi connectivity index (χ2n) is 8.19. The summed E-state index contributed by atoms with van der Waals surface area (Å²) in [5.41, 5.74) is 0.885. The summed E-state index contributed by atoms with van der Waals surface area (Å²) in [6.45, 7) is 1.97. The number of fused-ring (bicyclic) bond motifs is 1. The topological polar surface area (TPSA) is 89.2 Å². The molecule has 32 heavy (non-hydrogen) atoms. The Kier molecular flexibility index (Phi) is 5.21. The quantitative estimate of drug-likeness (QED) is 0.292. The number of amides is 2. The average Bonchev–Trinajstić information content (AvgIpc) is 3.38. The number of furan rings is 1. The molecule has 4 atom stereocenters. The van der Waals surface area contributed by atoms with E-state index in [1.807, 2.05) is 0 Å². The Morgan fingerprint density at radius 3 is 2.47 bits per heavy atom. The molecule has 8 heteroatoms. The van der Waals surface area contributed by atoms with Crippen LogP contribution in [0, 0.1) is 23.7 Å². The van der Waals surface area contributed by atoms with Gasteiger partial charge >= 0.3 is 5.97 Å². The number of nitrogens with zero attached hydrogens (tertiary/aromatic N) is 2. The van der Waals surface area contributed by atoms with Crippen LogP contribution in [-0.4, -0.2) is 35.6 Å². The Morgan fingerprint density at radius 2 is 1.84 bits per heavy atom. The standard InChI is InChI=1S/C24H21ClN2O5/c1-2-31-24(30)17-11-15(7-9-18(17)25)19-10-8-16(32-19)12-26-27-22(28)20-13-3-4-14(6-5-13)21(20)23(27)29/h3-4,7-14,20-21H,2,5-6H2,1H3/b26-12-/t13-,14+,20-,21+. The number of hydrogen-bond donors (Lipinski definition) is 0. The van der Waals surface area contributed by atoms with Gasteiger partial charge in [0.05, 0.1) is 35.2 Å². The number of imide groups is 1. The molecule has 4 aliphatic rings. The van der Waals surface area contributed by atoms with Crippen LogP contribution in [0.1, 0.15) is 35.9 Å². The van der Waals surface area contributed by atoms with Crippen molar-refractivity contribution in [3.63, 3.8) is 0 Å². The molecule has 7 nitrogen and oxygen atoms in total. The Morgan fingerprint density at radius 1 is 1.16 bits per heavy atom. The lowest BCUT2D eigenvalue weighted by atomic mass is 9.63. The first kappa shape index (κ1) is 20.7. The van der Waals surface area contributed by atoms with Crippen LogP contribution in [0.2, 0.25) is 5.02 Å². The lowest BCUT2D eigenvalue weighted by Gasteiger charge is -2.37. The molecule has 164 valence electrons. The fourth-order valence-electron chi connectivity index (χ4n) is 4.91. The maximum absolute atomic E-state index is 12.8. The molecule has 2 amide bonds. The van der Waals surface area contributed by atoms with Gasteiger partial charge in [-0.1, -0.05) is 23.8 Å². The lowest BCUT2D eigenvalue weighted by molar-refractivity contribution is -0.140. The predicted molar refractivity (Wildman–Crippen MR) is 117 cm³/mol. The van der Waals surface area contributed by atoms with Crippen molar-refractivity contribution < 1.29 is 23.5 Å². The van der Waals surface area contributed by atoms with E-state index in [0.29, 0.717) is 17.1 Å². The molecule has 0 spiro atoms. The lowest BCUT2D eigenvalue weighted by Crippen LogP contribution is -2.38. The van der Waals surface area contributed by atoms with E-state index in [2.05, 4.69) is 17.3 Å². The first-order chi connectivity index (χ1) is 15.5. The van der Waals surface area contributed by atoms with E-state index < -0.39 is 5.97 Å². The molecule has 1 aliphatic heterocycles. The highest BCUT2D eigenvalue weighted by Gasteiger charge is 2.56. The van der Waals surface area contributed by atoms with Gasteiger partial charge in [-0.05, 0) is 61.9 Å². The zero-order chi connectivity index (χ0) is 22.4. The molecule has 2 bridgehead atoms. The summed E-state index contributed by atoms with van der Waals surface area (Å²) >= 11 is 6.12. The van der Waals surface area contributed by atoms with E-state index in [-0.39, 0.29) is 52.7 Å². The number of hydrazone groups is 1. The molecule has 1 aromatic heterocycles. The fraction of sp³-hybridized carbons (Fsp3) is 0.333. The second-order valence-corrected chi connectivity index (χ2v) is 8.60. The van der Waals surface area contributed by atoms with Crippen molar-refractivity contribution in [3.8, 4) is 11.3 Å². The molecule has 1 saturated heterocycles. The smallest absolute Gasteiger partial charge is 0.339 e. The van der Waals surface area contributed by atoms with Crippen molar-refractivity contribution in [2.75, 3.05) is 6.61 Å². The van der Waals surface area contributed by atoms with Crippen LogP contribution in [0.5, 0.6) is 0 Å². The fourth-order valence-corrected chi connectivity index (χ4v) is 5.10. The van der Waals surface area contributed by atoms with Gasteiger partial charge in [0.25, 0.3) is 11.8 Å². The van der Waals surface area contributed by atoms with Crippen LogP contribution in [0.25, 0.3) is 11.3 Å². The Bertz CT molecular complexity index is 1130. The third-order valence-electron chi connectivity index (χ3n) is 6.41. The summed E-state index contributed by atoms with van der Waals surface area (Å²) in [6, 6.07) is 8.33. The van der Waals surface area contributed by atoms with Crippen molar-refractivity contribution >= 4 is 35.6 Å². The number of esters is 1. The van der Waals surface area contributed by atoms with E-state index >= 15 is 0 Å². The Balaban J connectivity index is 1.35. The van der Waals surface area contributed by atoms with Crippen molar-refractivity contribution in [2.24, 2.45) is 28.8 Å². The molecule has 1 saturated carbocycles. The number of carbonyl (C=O) groups excluding carboxylic acids is 3. The van der Waals surface area contributed by atoms with Crippen LogP contribution >= 0.6 is 11.6 Å². The van der Waals surface area contributed by atoms with Crippen LogP contribution in [0.3, 0.4) is 0 Å². The number of hydrogen-bond acceptors (Lipinski definition) is 6. The van der Waals surface area contributed by atoms with Gasteiger partial charge < -0.3 is 9.15 Å². The van der Waals surface area contributed by atoms with Gasteiger partial charge in [-0.3, -0.25) is 9.59 Å². The summed E-state index contributed by atoms with van der Waals surface area (Å²) in [5, 5.41) is 5.45. The van der Waals surface area contributed by atoms with Crippen molar-refractivity contribution in [1.29, 1.82) is 0 Å². The first-order valence-corrected chi connectivity index (χ1v) is 11.0. The van der Waals surface area contributed by atoms with Gasteiger partial charge in [-0.15, -0.1) is 0 Å². The van der Waals surface area contributed by atoms with E-state index in [0.717, 1.165) is 17.9 Å². The minimum atomic E-state index is -0.510. The van der Waals surface area contributed by atoms with Crippen molar-refractivity contribution in [1.82, 2.24) is 5.01 Å². The zero-order valence-electron chi connectivity index (χ0n) is 17.4. The Hall–Kier alpha value is -3.19. The van der Waals surface area contributed by atoms with E-state index in [4.69, 9.17) is 20.8 Å². The molecule has 2 heterocycles. The second kappa shape index (κ2) is 8.06. The molecule has 2 aromatic rings. The summed E-state index contributed by atoms with van der Waals surface area (Å²) in [6.07, 6.45) is 7.39. The van der Waals surface area contributed by atoms with Crippen LogP contribution < -0.4 is 0 Å². The molecule has 0 radical (unpaired) electrons. The number of carbonyl (C=O) groups is 3. The molecule has 2 fully saturated rings. The van der Waals surface area contributed by atoms with Gasteiger partial charge in [-0.25, -0.2) is 4.79 Å². The predicted octanol–water partition coefficient (Wildman–Crippen LogP) is 4.31. The molecule has 0 N–H and O–H groups in total. The molecule has 0 unspecified atom stereocenters. The summed E-state index contributed by atoms with van der Waals surface area (Å²) < 4.78 is 10.8. The minimum absolute atomic E-state index is 0.121. The number of benzene rings is 1. The zero-order valence-corrected chi connectivity index (χ0v) is 18.1. The largest absolute Gasteiger partial charge is 0.462 e. The van der Waals surface area contributed by atoms with Gasteiger partial charge in [0, 0.05) is 5.56 Å². The first-order valence-electron chi connectivity index (χ1n) is 10.6. The number of rotatable bonds is 5. The molecule has 6 rings (SSSR count). The summed E-state index contributed by atoms with van der Waals surface area (Å²) in [7, 11) is 0. The normalized spacial score (nSPS) is 26.2. The van der Waals surface area contributed by atoms with Crippen molar-refractivity contribution in [2.45, 2.75) is 19.8 Å². The molecular formula is C24H21ClN2O5. The van der Waals surface area contributed by atoms with E-state index in [1.165, 1.54) is 6.21 Å². The van der Waals surface area contributed by atoms with Gasteiger partial charge in [-0.2, -0.15) is 10.1 Å². The van der Waals surface area contributed by atoms with E-state index in [9.17, 15) is 14.4 Å². The van der Waals surface area contributed by atoms with Gasteiger partial charge in [0.1, 0.15) is 11.5 Å². The maximum atomic E-state index is 12.8. The number of allylic oxidation sites excluding steroid dienone is 2. The molecule has 3 aliphatic carbocycles. The van der Waals surface area contributed by atoms with Crippen LogP contribution in [0.4, 0.5) is 0 Å². The highest BCUT2D eigenvalue weighted by molar-refractivity contribution is 6.33.